The van der Waals surface area contributed by atoms with Crippen LogP contribution in [0.25, 0.3) is 0 Å². The minimum Gasteiger partial charge on any atom is -0.472 e. The minimum absolute atomic E-state index is 0.294. The predicted octanol–water partition coefficient (Wildman–Crippen LogP) is 4.52. The summed E-state index contributed by atoms with van der Waals surface area (Å²) >= 11 is 5.32. The number of nitrogens with one attached hydrogen (secondary N) is 1. The highest BCUT2D eigenvalue weighted by Crippen LogP contribution is 2.30. The van der Waals surface area contributed by atoms with Crippen molar-refractivity contribution in [1.29, 1.82) is 0 Å². The van der Waals surface area contributed by atoms with Gasteiger partial charge in [0.25, 0.3) is 0 Å². The lowest BCUT2D eigenvalue weighted by Crippen LogP contribution is -2.21. The van der Waals surface area contributed by atoms with Gasteiger partial charge < -0.3 is 9.73 Å². The number of hydrogen-bond acceptors (Lipinski definition) is 3. The van der Waals surface area contributed by atoms with E-state index in [0.717, 1.165) is 0 Å². The van der Waals surface area contributed by atoms with Gasteiger partial charge in [-0.25, -0.2) is 0 Å². The fraction of sp³-hybridized carbons (Fsp3) is 0.333. The van der Waals surface area contributed by atoms with Crippen LogP contribution < -0.4 is 5.32 Å². The highest BCUT2D eigenvalue weighted by atomic mass is 79.9. The van der Waals surface area contributed by atoms with Gasteiger partial charge >= 0.3 is 0 Å². The number of furan rings is 1. The van der Waals surface area contributed by atoms with Crippen LogP contribution in [0.3, 0.4) is 0 Å². The van der Waals surface area contributed by atoms with Crippen molar-refractivity contribution < 1.29 is 4.42 Å². The maximum atomic E-state index is 5.08. The first-order chi connectivity index (χ1) is 7.68. The molecular weight excluding hydrogens is 286 g/mol. The van der Waals surface area contributed by atoms with Gasteiger partial charge in [-0.3, -0.25) is 0 Å². The number of thiophene rings is 1. The van der Waals surface area contributed by atoms with Crippen LogP contribution in [0.15, 0.2) is 38.9 Å². The molecule has 0 bridgehead atoms. The third-order valence-corrected chi connectivity index (χ3v) is 4.63. The Balaban J connectivity index is 2.03. The average molecular weight is 300 g/mol. The largest absolute Gasteiger partial charge is 0.472 e. The van der Waals surface area contributed by atoms with E-state index in [1.807, 2.05) is 6.07 Å². The molecule has 0 saturated carbocycles. The smallest absolute Gasteiger partial charge is 0.0950 e. The molecule has 0 amide bonds. The zero-order valence-corrected chi connectivity index (χ0v) is 11.6. The summed E-state index contributed by atoms with van der Waals surface area (Å²) in [5, 5.41) is 5.64. The van der Waals surface area contributed by atoms with Gasteiger partial charge in [0.05, 0.1) is 12.5 Å². The van der Waals surface area contributed by atoms with E-state index in [2.05, 4.69) is 46.5 Å². The van der Waals surface area contributed by atoms with Crippen LogP contribution in [0.2, 0.25) is 0 Å². The monoisotopic (exact) mass is 299 g/mol. The second-order valence-corrected chi connectivity index (χ2v) is 5.60. The van der Waals surface area contributed by atoms with Crippen molar-refractivity contribution >= 4 is 27.3 Å². The predicted molar refractivity (Wildman–Crippen MR) is 70.7 cm³/mol. The Kier molecular flexibility index (Phi) is 3.84. The molecule has 0 aliphatic heterocycles. The fourth-order valence-corrected chi connectivity index (χ4v) is 3.42. The Morgan fingerprint density at radius 1 is 1.31 bits per heavy atom. The second-order valence-electron chi connectivity index (χ2n) is 3.80. The van der Waals surface area contributed by atoms with Crippen molar-refractivity contribution in [3.63, 3.8) is 0 Å². The Labute approximate surface area is 108 Å². The van der Waals surface area contributed by atoms with Gasteiger partial charge in [0, 0.05) is 27.0 Å². The van der Waals surface area contributed by atoms with E-state index in [4.69, 9.17) is 4.42 Å². The van der Waals surface area contributed by atoms with Crippen molar-refractivity contribution in [3.05, 3.63) is 45.0 Å². The molecule has 0 spiro atoms. The van der Waals surface area contributed by atoms with Gasteiger partial charge in [-0.05, 0) is 47.3 Å². The topological polar surface area (TPSA) is 25.2 Å². The average Bonchev–Trinajstić information content (AvgIpc) is 2.86. The number of hydrogen-bond donors (Lipinski definition) is 1. The van der Waals surface area contributed by atoms with E-state index in [-0.39, 0.29) is 0 Å². The van der Waals surface area contributed by atoms with Gasteiger partial charge in [0.15, 0.2) is 0 Å². The molecule has 4 heteroatoms. The molecule has 0 fully saturated rings. The van der Waals surface area contributed by atoms with Crippen LogP contribution in [0.1, 0.15) is 36.4 Å². The molecule has 0 aliphatic rings. The first kappa shape index (κ1) is 11.9. The summed E-state index contributed by atoms with van der Waals surface area (Å²) in [5.41, 5.74) is 1.18. The first-order valence-corrected chi connectivity index (χ1v) is 6.86. The van der Waals surface area contributed by atoms with E-state index < -0.39 is 0 Å². The Morgan fingerprint density at radius 3 is 2.69 bits per heavy atom. The fourth-order valence-electron chi connectivity index (χ4n) is 1.68. The molecule has 2 nitrogen and oxygen atoms in total. The van der Waals surface area contributed by atoms with Gasteiger partial charge in [-0.1, -0.05) is 0 Å². The zero-order chi connectivity index (χ0) is 11.5. The summed E-state index contributed by atoms with van der Waals surface area (Å²) < 4.78 is 6.26. The molecule has 16 heavy (non-hydrogen) atoms. The third kappa shape index (κ3) is 2.56. The van der Waals surface area contributed by atoms with Crippen molar-refractivity contribution in [2.45, 2.75) is 25.9 Å². The lowest BCUT2D eigenvalue weighted by atomic mass is 10.1. The van der Waals surface area contributed by atoms with Crippen LogP contribution in [0.5, 0.6) is 0 Å². The lowest BCUT2D eigenvalue weighted by molar-refractivity contribution is 0.490. The van der Waals surface area contributed by atoms with Crippen molar-refractivity contribution in [3.8, 4) is 0 Å². The van der Waals surface area contributed by atoms with Gasteiger partial charge in [-0.15, -0.1) is 11.3 Å². The summed E-state index contributed by atoms with van der Waals surface area (Å²) in [6.07, 6.45) is 3.49. The number of halogens is 1. The summed E-state index contributed by atoms with van der Waals surface area (Å²) in [7, 11) is 0. The molecule has 2 aromatic rings. The van der Waals surface area contributed by atoms with Crippen LogP contribution >= 0.6 is 27.3 Å². The standard InChI is InChI=1S/C12H14BrNOS/c1-8(10-3-5-15-7-10)14-9(2)12-11(13)4-6-16-12/h3-9,14H,1-2H3. The first-order valence-electron chi connectivity index (χ1n) is 5.19. The molecule has 0 saturated heterocycles. The van der Waals surface area contributed by atoms with Crippen LogP contribution in [0, 0.1) is 0 Å². The van der Waals surface area contributed by atoms with Crippen molar-refractivity contribution in [2.24, 2.45) is 0 Å². The van der Waals surface area contributed by atoms with E-state index >= 15 is 0 Å². The summed E-state index contributed by atoms with van der Waals surface area (Å²) in [6.45, 7) is 4.32. The van der Waals surface area contributed by atoms with Gasteiger partial charge in [0.1, 0.15) is 0 Å². The molecule has 2 unspecified atom stereocenters. The van der Waals surface area contributed by atoms with Crippen LogP contribution in [0.4, 0.5) is 0 Å². The molecule has 0 aromatic carbocycles. The number of rotatable bonds is 4. The summed E-state index contributed by atoms with van der Waals surface area (Å²) in [4.78, 5) is 1.33. The van der Waals surface area contributed by atoms with Crippen LogP contribution in [-0.4, -0.2) is 0 Å². The maximum Gasteiger partial charge on any atom is 0.0950 e. The third-order valence-electron chi connectivity index (χ3n) is 2.58. The van der Waals surface area contributed by atoms with Crippen molar-refractivity contribution in [2.75, 3.05) is 0 Å². The molecule has 0 aliphatic carbocycles. The zero-order valence-electron chi connectivity index (χ0n) is 9.24. The summed E-state index contributed by atoms with van der Waals surface area (Å²) in [6, 6.07) is 4.70. The van der Waals surface area contributed by atoms with Crippen molar-refractivity contribution in [1.82, 2.24) is 5.32 Å². The summed E-state index contributed by atoms with van der Waals surface area (Å²) in [5.74, 6) is 0. The molecule has 0 radical (unpaired) electrons. The Bertz CT molecular complexity index is 438. The van der Waals surface area contributed by atoms with E-state index in [1.54, 1.807) is 23.9 Å². The molecule has 2 rings (SSSR count). The SMILES string of the molecule is CC(NC(C)c1sccc1Br)c1ccoc1. The quantitative estimate of drug-likeness (QED) is 0.898. The Hall–Kier alpha value is -0.580. The molecule has 1 N–H and O–H groups in total. The lowest BCUT2D eigenvalue weighted by Gasteiger charge is -2.18. The molecular formula is C12H14BrNOS. The molecule has 86 valence electrons. The molecule has 2 aromatic heterocycles. The highest BCUT2D eigenvalue weighted by Gasteiger charge is 2.14. The van der Waals surface area contributed by atoms with E-state index in [1.165, 1.54) is 14.9 Å². The molecule has 2 atom stereocenters. The Morgan fingerprint density at radius 2 is 2.12 bits per heavy atom. The second kappa shape index (κ2) is 5.17. The normalized spacial score (nSPS) is 14.9. The van der Waals surface area contributed by atoms with Gasteiger partial charge in [0.2, 0.25) is 0 Å². The highest BCUT2D eigenvalue weighted by molar-refractivity contribution is 9.10. The van der Waals surface area contributed by atoms with Crippen LogP contribution in [-0.2, 0) is 0 Å². The maximum absolute atomic E-state index is 5.08. The minimum atomic E-state index is 0.294. The van der Waals surface area contributed by atoms with E-state index in [0.29, 0.717) is 12.1 Å². The van der Waals surface area contributed by atoms with E-state index in [9.17, 15) is 0 Å². The molecule has 2 heterocycles. The van der Waals surface area contributed by atoms with Gasteiger partial charge in [-0.2, -0.15) is 0 Å².